The minimum absolute atomic E-state index is 0.104. The van der Waals surface area contributed by atoms with Gasteiger partial charge in [0, 0.05) is 10.2 Å². The molecule has 1 atom stereocenters. The fourth-order valence-electron chi connectivity index (χ4n) is 3.01. The van der Waals surface area contributed by atoms with Gasteiger partial charge in [-0.3, -0.25) is 0 Å². The van der Waals surface area contributed by atoms with Crippen molar-refractivity contribution in [3.8, 4) is 11.5 Å². The average molecular weight is 413 g/mol. The van der Waals surface area contributed by atoms with Crippen LogP contribution in [0.15, 0.2) is 59.3 Å². The molecule has 0 unspecified atom stereocenters. The van der Waals surface area contributed by atoms with Crippen LogP contribution in [0.1, 0.15) is 17.2 Å². The van der Waals surface area contributed by atoms with Crippen LogP contribution in [-0.2, 0) is 0 Å². The van der Waals surface area contributed by atoms with Gasteiger partial charge in [0.15, 0.2) is 11.5 Å². The minimum atomic E-state index is -0.104. The summed E-state index contributed by atoms with van der Waals surface area (Å²) in [5, 5.41) is 7.72. The van der Waals surface area contributed by atoms with Crippen molar-refractivity contribution in [3.05, 3.63) is 70.5 Å². The van der Waals surface area contributed by atoms with E-state index in [1.54, 1.807) is 20.5 Å². The SMILES string of the molecule is COc1ccc([C@@H]2C=C(c3ccc(Br)cc3)Nc3ncnn32)cc1OC. The van der Waals surface area contributed by atoms with E-state index in [4.69, 9.17) is 9.47 Å². The van der Waals surface area contributed by atoms with E-state index in [-0.39, 0.29) is 6.04 Å². The lowest BCUT2D eigenvalue weighted by Gasteiger charge is -2.25. The van der Waals surface area contributed by atoms with Gasteiger partial charge in [-0.2, -0.15) is 10.1 Å². The van der Waals surface area contributed by atoms with Gasteiger partial charge in [-0.15, -0.1) is 0 Å². The van der Waals surface area contributed by atoms with E-state index in [0.717, 1.165) is 21.3 Å². The lowest BCUT2D eigenvalue weighted by molar-refractivity contribution is 0.354. The first-order valence-corrected chi connectivity index (χ1v) is 8.85. The Bertz CT molecular complexity index is 966. The first kappa shape index (κ1) is 16.7. The molecule has 0 fully saturated rings. The van der Waals surface area contributed by atoms with E-state index in [2.05, 4.69) is 49.5 Å². The Kier molecular flexibility index (Phi) is 4.38. The Morgan fingerprint density at radius 2 is 1.81 bits per heavy atom. The van der Waals surface area contributed by atoms with E-state index in [1.165, 1.54) is 0 Å². The molecule has 1 N–H and O–H groups in total. The summed E-state index contributed by atoms with van der Waals surface area (Å²) in [4.78, 5) is 4.34. The predicted octanol–water partition coefficient (Wildman–Crippen LogP) is 4.11. The number of hydrogen-bond donors (Lipinski definition) is 1. The second-order valence-electron chi connectivity index (χ2n) is 5.80. The van der Waals surface area contributed by atoms with Crippen molar-refractivity contribution in [2.45, 2.75) is 6.04 Å². The molecule has 4 rings (SSSR count). The van der Waals surface area contributed by atoms with Crippen molar-refractivity contribution < 1.29 is 9.47 Å². The molecule has 132 valence electrons. The molecule has 7 heteroatoms. The highest BCUT2D eigenvalue weighted by atomic mass is 79.9. The molecule has 6 nitrogen and oxygen atoms in total. The van der Waals surface area contributed by atoms with Gasteiger partial charge in [0.1, 0.15) is 12.4 Å². The Morgan fingerprint density at radius 1 is 1.04 bits per heavy atom. The second kappa shape index (κ2) is 6.84. The van der Waals surface area contributed by atoms with E-state index < -0.39 is 0 Å². The maximum Gasteiger partial charge on any atom is 0.226 e. The van der Waals surface area contributed by atoms with E-state index in [9.17, 15) is 0 Å². The number of anilines is 1. The summed E-state index contributed by atoms with van der Waals surface area (Å²) in [7, 11) is 3.26. The molecule has 0 saturated carbocycles. The molecule has 1 aliphatic heterocycles. The summed E-state index contributed by atoms with van der Waals surface area (Å²) in [6, 6.07) is 13.9. The van der Waals surface area contributed by atoms with Crippen molar-refractivity contribution in [1.29, 1.82) is 0 Å². The van der Waals surface area contributed by atoms with E-state index >= 15 is 0 Å². The van der Waals surface area contributed by atoms with Crippen LogP contribution in [-0.4, -0.2) is 29.0 Å². The topological polar surface area (TPSA) is 61.2 Å². The maximum absolute atomic E-state index is 5.45. The van der Waals surface area contributed by atoms with Crippen LogP contribution in [0.3, 0.4) is 0 Å². The van der Waals surface area contributed by atoms with Crippen molar-refractivity contribution in [2.24, 2.45) is 0 Å². The summed E-state index contributed by atoms with van der Waals surface area (Å²) >= 11 is 3.47. The molecule has 1 aliphatic rings. The minimum Gasteiger partial charge on any atom is -0.493 e. The number of nitrogens with one attached hydrogen (secondary N) is 1. The summed E-state index contributed by atoms with van der Waals surface area (Å²) in [6.07, 6.45) is 3.68. The fraction of sp³-hybridized carbons (Fsp3) is 0.158. The van der Waals surface area contributed by atoms with Gasteiger partial charge in [0.25, 0.3) is 0 Å². The molecular formula is C19H17BrN4O2. The predicted molar refractivity (Wildman–Crippen MR) is 103 cm³/mol. The molecule has 0 bridgehead atoms. The molecule has 3 aromatic rings. The monoisotopic (exact) mass is 412 g/mol. The number of methoxy groups -OCH3 is 2. The Hall–Kier alpha value is -2.80. The summed E-state index contributed by atoms with van der Waals surface area (Å²) in [6.45, 7) is 0. The zero-order chi connectivity index (χ0) is 18.1. The number of hydrogen-bond acceptors (Lipinski definition) is 5. The summed E-state index contributed by atoms with van der Waals surface area (Å²) < 4.78 is 13.7. The van der Waals surface area contributed by atoms with Crippen molar-refractivity contribution in [3.63, 3.8) is 0 Å². The van der Waals surface area contributed by atoms with Crippen molar-refractivity contribution in [2.75, 3.05) is 19.5 Å². The molecule has 2 heterocycles. The first-order chi connectivity index (χ1) is 12.7. The van der Waals surface area contributed by atoms with E-state index in [1.807, 2.05) is 35.0 Å². The van der Waals surface area contributed by atoms with Crippen LogP contribution in [0.4, 0.5) is 5.95 Å². The van der Waals surface area contributed by atoms with Gasteiger partial charge < -0.3 is 14.8 Å². The molecule has 2 aromatic carbocycles. The van der Waals surface area contributed by atoms with Crippen LogP contribution in [0.5, 0.6) is 11.5 Å². The second-order valence-corrected chi connectivity index (χ2v) is 6.72. The number of rotatable bonds is 4. The normalized spacial score (nSPS) is 15.7. The van der Waals surface area contributed by atoms with Gasteiger partial charge in [-0.25, -0.2) is 4.68 Å². The van der Waals surface area contributed by atoms with E-state index in [0.29, 0.717) is 17.4 Å². The van der Waals surface area contributed by atoms with Gasteiger partial charge in [-0.1, -0.05) is 34.1 Å². The van der Waals surface area contributed by atoms with Crippen molar-refractivity contribution >= 4 is 27.6 Å². The number of halogens is 1. The third-order valence-electron chi connectivity index (χ3n) is 4.31. The number of nitrogens with zero attached hydrogens (tertiary/aromatic N) is 3. The van der Waals surface area contributed by atoms with Crippen LogP contribution in [0.25, 0.3) is 5.70 Å². The number of ether oxygens (including phenoxy) is 2. The van der Waals surface area contributed by atoms with Crippen LogP contribution in [0.2, 0.25) is 0 Å². The number of benzene rings is 2. The Morgan fingerprint density at radius 3 is 2.54 bits per heavy atom. The summed E-state index contributed by atoms with van der Waals surface area (Å²) in [5.41, 5.74) is 3.09. The van der Waals surface area contributed by atoms with Gasteiger partial charge in [-0.05, 0) is 41.5 Å². The number of allylic oxidation sites excluding steroid dienone is 1. The fourth-order valence-corrected chi connectivity index (χ4v) is 3.27. The summed E-state index contributed by atoms with van der Waals surface area (Å²) in [5.74, 6) is 2.08. The van der Waals surface area contributed by atoms with Crippen LogP contribution in [0, 0.1) is 0 Å². The standard InChI is InChI=1S/C19H17BrN4O2/c1-25-17-8-5-13(9-18(17)26-2)16-10-15(12-3-6-14(20)7-4-12)23-19-21-11-22-24(16)19/h3-11,16H,1-2H3,(H,21,22,23)/t16-/m0/s1. The van der Waals surface area contributed by atoms with Gasteiger partial charge >= 0.3 is 0 Å². The Balaban J connectivity index is 1.80. The molecular weight excluding hydrogens is 396 g/mol. The Labute approximate surface area is 159 Å². The zero-order valence-corrected chi connectivity index (χ0v) is 15.9. The molecule has 0 aliphatic carbocycles. The zero-order valence-electron chi connectivity index (χ0n) is 14.3. The van der Waals surface area contributed by atoms with Crippen LogP contribution < -0.4 is 14.8 Å². The molecule has 0 saturated heterocycles. The first-order valence-electron chi connectivity index (χ1n) is 8.06. The third-order valence-corrected chi connectivity index (χ3v) is 4.84. The van der Waals surface area contributed by atoms with Gasteiger partial charge in [0.05, 0.1) is 14.2 Å². The maximum atomic E-state index is 5.45. The molecule has 1 aromatic heterocycles. The quantitative estimate of drug-likeness (QED) is 0.698. The van der Waals surface area contributed by atoms with Gasteiger partial charge in [0.2, 0.25) is 5.95 Å². The highest BCUT2D eigenvalue weighted by molar-refractivity contribution is 9.10. The average Bonchev–Trinajstić information content (AvgIpc) is 3.16. The van der Waals surface area contributed by atoms with Crippen molar-refractivity contribution in [1.82, 2.24) is 14.8 Å². The highest BCUT2D eigenvalue weighted by Gasteiger charge is 2.24. The third kappa shape index (κ3) is 2.94. The highest BCUT2D eigenvalue weighted by Crippen LogP contribution is 2.36. The largest absolute Gasteiger partial charge is 0.493 e. The van der Waals surface area contributed by atoms with Crippen LogP contribution >= 0.6 is 15.9 Å². The molecule has 0 radical (unpaired) electrons. The lowest BCUT2D eigenvalue weighted by atomic mass is 10.0. The molecule has 0 amide bonds. The lowest BCUT2D eigenvalue weighted by Crippen LogP contribution is -2.20. The molecule has 26 heavy (non-hydrogen) atoms. The smallest absolute Gasteiger partial charge is 0.226 e. The number of aromatic nitrogens is 3. The molecule has 0 spiro atoms. The number of fused-ring (bicyclic) bond motifs is 1.